The first-order valence-electron chi connectivity index (χ1n) is 6.67. The van der Waals surface area contributed by atoms with Crippen LogP contribution in [0.1, 0.15) is 53.4 Å². The zero-order valence-electron chi connectivity index (χ0n) is 12.6. The molecule has 0 radical (unpaired) electrons. The van der Waals surface area contributed by atoms with Crippen LogP contribution in [0.3, 0.4) is 0 Å². The van der Waals surface area contributed by atoms with Crippen molar-refractivity contribution < 1.29 is 27.1 Å². The summed E-state index contributed by atoms with van der Waals surface area (Å²) >= 11 is 0. The first-order chi connectivity index (χ1) is 9.05. The van der Waals surface area contributed by atoms with Gasteiger partial charge < -0.3 is 10.5 Å². The first-order valence-corrected chi connectivity index (χ1v) is 8.07. The van der Waals surface area contributed by atoms with Crippen LogP contribution in [0, 0.1) is 5.41 Å². The van der Waals surface area contributed by atoms with Gasteiger partial charge in [0, 0.05) is 6.04 Å². The standard InChI is InChI=1S/C12H25NO2.H2O4S/c1-5-8-9-12(6-2,10(4)13)11(14)15-7-3;1-5(2,3)4/h10H,5-9,13H2,1-4H3;(H2,1,2,3,4). The minimum Gasteiger partial charge on any atom is -0.466 e. The highest BCUT2D eigenvalue weighted by Crippen LogP contribution is 2.33. The lowest BCUT2D eigenvalue weighted by molar-refractivity contribution is -0.157. The van der Waals surface area contributed by atoms with Gasteiger partial charge in [0.15, 0.2) is 0 Å². The van der Waals surface area contributed by atoms with Crippen molar-refractivity contribution in [3.8, 4) is 0 Å². The Bertz CT molecular complexity index is 360. The average molecular weight is 313 g/mol. The third-order valence-electron chi connectivity index (χ3n) is 3.16. The number of ether oxygens (including phenoxy) is 1. The van der Waals surface area contributed by atoms with Crippen molar-refractivity contribution >= 4 is 16.4 Å². The Balaban J connectivity index is 0. The number of nitrogens with two attached hydrogens (primary N) is 1. The largest absolute Gasteiger partial charge is 0.466 e. The molecule has 0 aromatic carbocycles. The molecule has 0 rings (SSSR count). The highest BCUT2D eigenvalue weighted by atomic mass is 32.3. The van der Waals surface area contributed by atoms with E-state index in [0.717, 1.165) is 25.7 Å². The van der Waals surface area contributed by atoms with Crippen molar-refractivity contribution in [2.45, 2.75) is 59.4 Å². The van der Waals surface area contributed by atoms with Gasteiger partial charge in [-0.3, -0.25) is 13.9 Å². The van der Waals surface area contributed by atoms with Crippen LogP contribution in [-0.4, -0.2) is 36.1 Å². The lowest BCUT2D eigenvalue weighted by Gasteiger charge is -2.33. The Kier molecular flexibility index (Phi) is 10.9. The summed E-state index contributed by atoms with van der Waals surface area (Å²) in [7, 11) is -4.67. The molecule has 0 aliphatic carbocycles. The quantitative estimate of drug-likeness (QED) is 0.483. The van der Waals surface area contributed by atoms with Crippen LogP contribution in [0.2, 0.25) is 0 Å². The van der Waals surface area contributed by atoms with Crippen LogP contribution in [0.5, 0.6) is 0 Å². The molecule has 2 unspecified atom stereocenters. The van der Waals surface area contributed by atoms with Crippen LogP contribution in [0.15, 0.2) is 0 Å². The molecular formula is C12H27NO6S. The third-order valence-corrected chi connectivity index (χ3v) is 3.16. The fourth-order valence-electron chi connectivity index (χ4n) is 1.93. The van der Waals surface area contributed by atoms with Crippen LogP contribution in [-0.2, 0) is 19.9 Å². The normalized spacial score (nSPS) is 15.6. The van der Waals surface area contributed by atoms with Gasteiger partial charge in [-0.2, -0.15) is 8.42 Å². The zero-order valence-corrected chi connectivity index (χ0v) is 13.4. The van der Waals surface area contributed by atoms with Crippen molar-refractivity contribution in [2.24, 2.45) is 11.1 Å². The lowest BCUT2D eigenvalue weighted by Crippen LogP contribution is -2.46. The van der Waals surface area contributed by atoms with E-state index < -0.39 is 15.8 Å². The Morgan fingerprint density at radius 2 is 1.75 bits per heavy atom. The van der Waals surface area contributed by atoms with Crippen molar-refractivity contribution in [1.29, 1.82) is 0 Å². The fraction of sp³-hybridized carbons (Fsp3) is 0.917. The summed E-state index contributed by atoms with van der Waals surface area (Å²) in [5.41, 5.74) is 5.47. The molecule has 0 aliphatic rings. The van der Waals surface area contributed by atoms with Gasteiger partial charge in [-0.15, -0.1) is 0 Å². The molecule has 20 heavy (non-hydrogen) atoms. The van der Waals surface area contributed by atoms with E-state index >= 15 is 0 Å². The smallest absolute Gasteiger partial charge is 0.394 e. The van der Waals surface area contributed by atoms with E-state index in [-0.39, 0.29) is 12.0 Å². The van der Waals surface area contributed by atoms with Crippen LogP contribution in [0.4, 0.5) is 0 Å². The van der Waals surface area contributed by atoms with E-state index in [2.05, 4.69) is 6.92 Å². The lowest BCUT2D eigenvalue weighted by atomic mass is 9.75. The Morgan fingerprint density at radius 3 is 2.00 bits per heavy atom. The summed E-state index contributed by atoms with van der Waals surface area (Å²) in [4.78, 5) is 11.9. The predicted octanol–water partition coefficient (Wildman–Crippen LogP) is 1.83. The molecule has 0 spiro atoms. The predicted molar refractivity (Wildman–Crippen MR) is 76.7 cm³/mol. The van der Waals surface area contributed by atoms with E-state index in [0.29, 0.717) is 6.61 Å². The molecule has 0 amide bonds. The molecular weight excluding hydrogens is 286 g/mol. The average Bonchev–Trinajstić information content (AvgIpc) is 2.28. The number of rotatable bonds is 7. The summed E-state index contributed by atoms with van der Waals surface area (Å²) < 4.78 is 36.7. The molecule has 0 saturated carbocycles. The molecule has 2 atom stereocenters. The molecule has 0 heterocycles. The van der Waals surface area contributed by atoms with Gasteiger partial charge in [-0.1, -0.05) is 26.7 Å². The van der Waals surface area contributed by atoms with E-state index in [1.807, 2.05) is 20.8 Å². The topological polar surface area (TPSA) is 127 Å². The SMILES string of the molecule is CCCCC(CC)(C(=O)OCC)C(C)N.O=S(=O)(O)O. The van der Waals surface area contributed by atoms with E-state index in [9.17, 15) is 4.79 Å². The third kappa shape index (κ3) is 9.24. The van der Waals surface area contributed by atoms with Crippen molar-refractivity contribution in [2.75, 3.05) is 6.61 Å². The van der Waals surface area contributed by atoms with E-state index in [1.54, 1.807) is 0 Å². The summed E-state index contributed by atoms with van der Waals surface area (Å²) in [5, 5.41) is 0. The number of esters is 1. The number of carbonyl (C=O) groups is 1. The molecule has 0 bridgehead atoms. The molecule has 8 heteroatoms. The van der Waals surface area contributed by atoms with Crippen LogP contribution in [0.25, 0.3) is 0 Å². The highest BCUT2D eigenvalue weighted by Gasteiger charge is 2.40. The summed E-state index contributed by atoms with van der Waals surface area (Å²) in [6.45, 7) is 8.29. The highest BCUT2D eigenvalue weighted by molar-refractivity contribution is 7.79. The van der Waals surface area contributed by atoms with Crippen molar-refractivity contribution in [3.05, 3.63) is 0 Å². The second-order valence-corrected chi connectivity index (χ2v) is 5.47. The van der Waals surface area contributed by atoms with Gasteiger partial charge in [0.05, 0.1) is 12.0 Å². The van der Waals surface area contributed by atoms with Gasteiger partial charge in [0.2, 0.25) is 0 Å². The number of hydrogen-bond acceptors (Lipinski definition) is 5. The maximum absolute atomic E-state index is 11.9. The van der Waals surface area contributed by atoms with Crippen LogP contribution < -0.4 is 5.73 Å². The molecule has 4 N–H and O–H groups in total. The van der Waals surface area contributed by atoms with Crippen molar-refractivity contribution in [3.63, 3.8) is 0 Å². The zero-order chi connectivity index (χ0) is 16.4. The molecule has 0 saturated heterocycles. The number of carbonyl (C=O) groups excluding carboxylic acids is 1. The molecule has 0 aliphatic heterocycles. The van der Waals surface area contributed by atoms with Gasteiger partial charge in [0.25, 0.3) is 0 Å². The maximum Gasteiger partial charge on any atom is 0.394 e. The summed E-state index contributed by atoms with van der Waals surface area (Å²) in [6, 6.07) is -0.145. The fourth-order valence-corrected chi connectivity index (χ4v) is 1.93. The van der Waals surface area contributed by atoms with Crippen molar-refractivity contribution in [1.82, 2.24) is 0 Å². The summed E-state index contributed by atoms with van der Waals surface area (Å²) in [6.07, 6.45) is 3.68. The minimum atomic E-state index is -4.67. The summed E-state index contributed by atoms with van der Waals surface area (Å²) in [5.74, 6) is -0.129. The van der Waals surface area contributed by atoms with Crippen LogP contribution >= 0.6 is 0 Å². The Hall–Kier alpha value is -0.700. The minimum absolute atomic E-state index is 0.129. The second kappa shape index (κ2) is 10.1. The maximum atomic E-state index is 11.9. The first kappa shape index (κ1) is 21.6. The monoisotopic (exact) mass is 313 g/mol. The van der Waals surface area contributed by atoms with E-state index in [4.69, 9.17) is 28.0 Å². The van der Waals surface area contributed by atoms with Gasteiger partial charge in [-0.25, -0.2) is 0 Å². The molecule has 0 fully saturated rings. The van der Waals surface area contributed by atoms with Gasteiger partial charge in [0.1, 0.15) is 0 Å². The molecule has 0 aromatic heterocycles. The number of unbranched alkanes of at least 4 members (excludes halogenated alkanes) is 1. The van der Waals surface area contributed by atoms with Gasteiger partial charge in [-0.05, 0) is 26.7 Å². The number of hydrogen-bond donors (Lipinski definition) is 3. The Labute approximate surface area is 121 Å². The molecule has 0 aromatic rings. The van der Waals surface area contributed by atoms with E-state index in [1.165, 1.54) is 0 Å². The molecule has 122 valence electrons. The second-order valence-electron chi connectivity index (χ2n) is 4.57. The Morgan fingerprint density at radius 1 is 1.30 bits per heavy atom. The molecule has 7 nitrogen and oxygen atoms in total. The van der Waals surface area contributed by atoms with Gasteiger partial charge >= 0.3 is 16.4 Å².